The third kappa shape index (κ3) is 4.03. The maximum Gasteiger partial charge on any atom is 0.315 e. The van der Waals surface area contributed by atoms with Gasteiger partial charge in [-0.25, -0.2) is 0 Å². The second-order valence-electron chi connectivity index (χ2n) is 4.66. The lowest BCUT2D eigenvalue weighted by Crippen LogP contribution is -2.21. The van der Waals surface area contributed by atoms with Crippen molar-refractivity contribution in [2.24, 2.45) is 0 Å². The van der Waals surface area contributed by atoms with Gasteiger partial charge in [-0.3, -0.25) is 4.98 Å². The molecule has 102 valence electrons. The van der Waals surface area contributed by atoms with Gasteiger partial charge in [-0.05, 0) is 18.6 Å². The molecule has 19 heavy (non-hydrogen) atoms. The van der Waals surface area contributed by atoms with E-state index in [4.69, 9.17) is 4.42 Å². The molecule has 0 spiro atoms. The van der Waals surface area contributed by atoms with Gasteiger partial charge in [0, 0.05) is 12.2 Å². The fraction of sp³-hybridized carbons (Fsp3) is 0.462. The monoisotopic (exact) mass is 261 g/mol. The molecule has 2 heterocycles. The van der Waals surface area contributed by atoms with Gasteiger partial charge in [0.25, 0.3) is 0 Å². The largest absolute Gasteiger partial charge is 0.407 e. The maximum absolute atomic E-state index is 5.47. The second kappa shape index (κ2) is 6.29. The quantitative estimate of drug-likeness (QED) is 0.827. The molecule has 0 saturated carbocycles. The van der Waals surface area contributed by atoms with E-state index in [1.807, 2.05) is 19.1 Å². The van der Waals surface area contributed by atoms with Gasteiger partial charge < -0.3 is 15.1 Å². The Morgan fingerprint density at radius 3 is 2.84 bits per heavy atom. The van der Waals surface area contributed by atoms with E-state index in [1.165, 1.54) is 0 Å². The van der Waals surface area contributed by atoms with Crippen LogP contribution in [0.25, 0.3) is 0 Å². The number of rotatable bonds is 6. The summed E-state index contributed by atoms with van der Waals surface area (Å²) >= 11 is 0. The van der Waals surface area contributed by atoms with E-state index in [0.29, 0.717) is 31.0 Å². The average molecular weight is 261 g/mol. The predicted molar refractivity (Wildman–Crippen MR) is 72.6 cm³/mol. The minimum atomic E-state index is 0.388. The molecule has 0 aromatic carbocycles. The molecule has 0 radical (unpaired) electrons. The Balaban J connectivity index is 1.88. The van der Waals surface area contributed by atoms with E-state index in [9.17, 15) is 0 Å². The average Bonchev–Trinajstić information content (AvgIpc) is 2.83. The van der Waals surface area contributed by atoms with Crippen LogP contribution in [-0.4, -0.2) is 21.2 Å². The van der Waals surface area contributed by atoms with E-state index in [2.05, 4.69) is 39.7 Å². The third-order valence-electron chi connectivity index (χ3n) is 2.65. The van der Waals surface area contributed by atoms with Gasteiger partial charge in [-0.1, -0.05) is 25.0 Å². The fourth-order valence-electron chi connectivity index (χ4n) is 1.55. The highest BCUT2D eigenvalue weighted by molar-refractivity contribution is 5.24. The van der Waals surface area contributed by atoms with Crippen molar-refractivity contribution in [1.82, 2.24) is 20.5 Å². The summed E-state index contributed by atoms with van der Waals surface area (Å²) in [7, 11) is 0. The van der Waals surface area contributed by atoms with Gasteiger partial charge in [0.05, 0.1) is 18.8 Å². The number of aromatic nitrogens is 3. The zero-order chi connectivity index (χ0) is 13.7. The molecule has 6 heteroatoms. The van der Waals surface area contributed by atoms with E-state index >= 15 is 0 Å². The molecule has 0 saturated heterocycles. The Hall–Kier alpha value is -1.95. The summed E-state index contributed by atoms with van der Waals surface area (Å²) in [5, 5.41) is 14.2. The smallest absolute Gasteiger partial charge is 0.315 e. The molecular weight excluding hydrogens is 242 g/mol. The third-order valence-corrected chi connectivity index (χ3v) is 2.65. The van der Waals surface area contributed by atoms with Crippen molar-refractivity contribution < 1.29 is 4.42 Å². The standard InChI is InChI=1S/C13H19N5O/c1-9(2)15-8-12-17-18-13(19-12)16-7-11-10(3)5-4-6-14-11/h4-6,9,15H,7-8H2,1-3H3,(H,16,18). The summed E-state index contributed by atoms with van der Waals surface area (Å²) < 4.78 is 5.47. The minimum Gasteiger partial charge on any atom is -0.407 e. The van der Waals surface area contributed by atoms with Crippen LogP contribution >= 0.6 is 0 Å². The van der Waals surface area contributed by atoms with Gasteiger partial charge in [0.1, 0.15) is 0 Å². The molecule has 2 rings (SSSR count). The zero-order valence-corrected chi connectivity index (χ0v) is 11.5. The Labute approximate surface area is 112 Å². The van der Waals surface area contributed by atoms with Gasteiger partial charge >= 0.3 is 6.01 Å². The van der Waals surface area contributed by atoms with Gasteiger partial charge in [-0.2, -0.15) is 0 Å². The van der Waals surface area contributed by atoms with Crippen LogP contribution in [-0.2, 0) is 13.1 Å². The number of nitrogens with zero attached hydrogens (tertiary/aromatic N) is 3. The molecule has 2 N–H and O–H groups in total. The summed E-state index contributed by atoms with van der Waals surface area (Å²) in [5.74, 6) is 0.578. The maximum atomic E-state index is 5.47. The Kier molecular flexibility index (Phi) is 4.46. The molecule has 0 aliphatic heterocycles. The van der Waals surface area contributed by atoms with Crippen LogP contribution in [0.3, 0.4) is 0 Å². The number of pyridine rings is 1. The molecule has 2 aromatic rings. The SMILES string of the molecule is Cc1cccnc1CNc1nnc(CNC(C)C)o1. The lowest BCUT2D eigenvalue weighted by Gasteiger charge is -2.04. The topological polar surface area (TPSA) is 75.9 Å². The first-order valence-electron chi connectivity index (χ1n) is 6.35. The molecule has 0 aliphatic rings. The van der Waals surface area contributed by atoms with Crippen LogP contribution in [0.1, 0.15) is 31.0 Å². The van der Waals surface area contributed by atoms with Crippen molar-refractivity contribution in [3.63, 3.8) is 0 Å². The summed E-state index contributed by atoms with van der Waals surface area (Å²) in [5.41, 5.74) is 2.11. The molecule has 0 fully saturated rings. The molecule has 0 atom stereocenters. The minimum absolute atomic E-state index is 0.388. The van der Waals surface area contributed by atoms with Crippen molar-refractivity contribution in [2.75, 3.05) is 5.32 Å². The molecule has 2 aromatic heterocycles. The lowest BCUT2D eigenvalue weighted by molar-refractivity contribution is 0.458. The Morgan fingerprint density at radius 2 is 2.11 bits per heavy atom. The Bertz CT molecular complexity index is 523. The molecule has 6 nitrogen and oxygen atoms in total. The van der Waals surface area contributed by atoms with E-state index in [0.717, 1.165) is 11.3 Å². The highest BCUT2D eigenvalue weighted by Crippen LogP contribution is 2.09. The molecular formula is C13H19N5O. The zero-order valence-electron chi connectivity index (χ0n) is 11.5. The highest BCUT2D eigenvalue weighted by atomic mass is 16.4. The van der Waals surface area contributed by atoms with Crippen LogP contribution in [0.5, 0.6) is 0 Å². The number of aryl methyl sites for hydroxylation is 1. The number of hydrogen-bond acceptors (Lipinski definition) is 6. The molecule has 0 amide bonds. The first-order valence-corrected chi connectivity index (χ1v) is 6.35. The van der Waals surface area contributed by atoms with Crippen LogP contribution in [0.4, 0.5) is 6.01 Å². The summed E-state index contributed by atoms with van der Waals surface area (Å²) in [6.07, 6.45) is 1.77. The molecule has 0 bridgehead atoms. The van der Waals surface area contributed by atoms with E-state index in [-0.39, 0.29) is 0 Å². The summed E-state index contributed by atoms with van der Waals surface area (Å²) in [6.45, 7) is 7.31. The first kappa shape index (κ1) is 13.5. The summed E-state index contributed by atoms with van der Waals surface area (Å²) in [4.78, 5) is 4.29. The second-order valence-corrected chi connectivity index (χ2v) is 4.66. The van der Waals surface area contributed by atoms with Crippen LogP contribution in [0.15, 0.2) is 22.7 Å². The van der Waals surface area contributed by atoms with E-state index in [1.54, 1.807) is 6.20 Å². The van der Waals surface area contributed by atoms with Gasteiger partial charge in [0.2, 0.25) is 5.89 Å². The van der Waals surface area contributed by atoms with Gasteiger partial charge in [0.15, 0.2) is 0 Å². The molecule has 0 aliphatic carbocycles. The lowest BCUT2D eigenvalue weighted by atomic mass is 10.2. The summed E-state index contributed by atoms with van der Waals surface area (Å²) in [6, 6.07) is 4.75. The van der Waals surface area contributed by atoms with Gasteiger partial charge in [-0.15, -0.1) is 5.10 Å². The van der Waals surface area contributed by atoms with Crippen LogP contribution in [0, 0.1) is 6.92 Å². The van der Waals surface area contributed by atoms with Crippen molar-refractivity contribution in [1.29, 1.82) is 0 Å². The number of hydrogen-bond donors (Lipinski definition) is 2. The van der Waals surface area contributed by atoms with Crippen molar-refractivity contribution in [3.05, 3.63) is 35.5 Å². The number of nitrogens with one attached hydrogen (secondary N) is 2. The van der Waals surface area contributed by atoms with Crippen molar-refractivity contribution in [3.8, 4) is 0 Å². The first-order chi connectivity index (χ1) is 9.15. The highest BCUT2D eigenvalue weighted by Gasteiger charge is 2.07. The van der Waals surface area contributed by atoms with Crippen molar-refractivity contribution in [2.45, 2.75) is 39.9 Å². The molecule has 0 unspecified atom stereocenters. The normalized spacial score (nSPS) is 10.9. The van der Waals surface area contributed by atoms with Crippen LogP contribution < -0.4 is 10.6 Å². The predicted octanol–water partition coefficient (Wildman–Crippen LogP) is 1.88. The Morgan fingerprint density at radius 1 is 1.26 bits per heavy atom. The van der Waals surface area contributed by atoms with Crippen LogP contribution in [0.2, 0.25) is 0 Å². The fourth-order valence-corrected chi connectivity index (χ4v) is 1.55. The number of anilines is 1. The van der Waals surface area contributed by atoms with Crippen molar-refractivity contribution >= 4 is 6.01 Å². The van der Waals surface area contributed by atoms with E-state index < -0.39 is 0 Å².